The predicted molar refractivity (Wildman–Crippen MR) is 139 cm³/mol. The monoisotopic (exact) mass is 560 g/mol. The lowest BCUT2D eigenvalue weighted by molar-refractivity contribution is 0.0702. The topological polar surface area (TPSA) is 117 Å². The van der Waals surface area contributed by atoms with Crippen LogP contribution in [0.5, 0.6) is 23.0 Å². The van der Waals surface area contributed by atoms with E-state index in [9.17, 15) is 10.1 Å². The van der Waals surface area contributed by atoms with Crippen LogP contribution in [0, 0.1) is 18.3 Å². The Kier molecular flexibility index (Phi) is 6.27. The van der Waals surface area contributed by atoms with E-state index in [-0.39, 0.29) is 23.0 Å². The highest BCUT2D eigenvalue weighted by Gasteiger charge is 2.33. The molecule has 0 bridgehead atoms. The van der Waals surface area contributed by atoms with Gasteiger partial charge in [-0.15, -0.1) is 0 Å². The van der Waals surface area contributed by atoms with Crippen LogP contribution in [0.2, 0.25) is 0 Å². The van der Waals surface area contributed by atoms with Crippen molar-refractivity contribution >= 4 is 32.9 Å². The lowest BCUT2D eigenvalue weighted by Gasteiger charge is -2.27. The second kappa shape index (κ2) is 9.56. The van der Waals surface area contributed by atoms with Crippen molar-refractivity contribution in [3.05, 3.63) is 93.0 Å². The van der Waals surface area contributed by atoms with Crippen LogP contribution < -0.4 is 24.7 Å². The summed E-state index contributed by atoms with van der Waals surface area (Å²) in [7, 11) is 3.10. The third-order valence-corrected chi connectivity index (χ3v) is 6.73. The first kappa shape index (κ1) is 24.3. The molecule has 0 amide bonds. The van der Waals surface area contributed by atoms with E-state index in [1.54, 1.807) is 57.5 Å². The number of hydrogen-bond acceptors (Lipinski definition) is 8. The number of carbonyl (C=O) groups excluding carboxylic acids is 1. The Labute approximate surface area is 220 Å². The molecule has 0 saturated carbocycles. The van der Waals surface area contributed by atoms with Gasteiger partial charge >= 0.3 is 5.97 Å². The molecule has 2 N–H and O–H groups in total. The summed E-state index contributed by atoms with van der Waals surface area (Å²) in [6, 6.07) is 18.0. The van der Waals surface area contributed by atoms with Gasteiger partial charge in [0.2, 0.25) is 11.6 Å². The number of furan rings is 1. The fraction of sp³-hybridized carbons (Fsp3) is 0.143. The number of halogens is 1. The standard InChI is InChI=1S/C28H21BrN2O6/c1-14-18-7-4-15(29)10-23(18)36-26(14)28(32)35-17-6-9-20-24(12-17)37-27(31)21(13-30)25(20)19-8-5-16(33-2)11-22(19)34-3/h4-12,25H,31H2,1-3H3. The number of nitrogens with two attached hydrogens (primary N) is 1. The maximum absolute atomic E-state index is 13.0. The van der Waals surface area contributed by atoms with E-state index < -0.39 is 11.9 Å². The largest absolute Gasteiger partial charge is 0.497 e. The van der Waals surface area contributed by atoms with Gasteiger partial charge in [-0.2, -0.15) is 5.26 Å². The zero-order valence-corrected chi connectivity index (χ0v) is 21.7. The molecule has 1 aliphatic rings. The summed E-state index contributed by atoms with van der Waals surface area (Å²) in [5, 5.41) is 10.7. The van der Waals surface area contributed by atoms with Crippen LogP contribution in [0.1, 0.15) is 33.2 Å². The first-order valence-electron chi connectivity index (χ1n) is 11.2. The molecule has 1 unspecified atom stereocenters. The van der Waals surface area contributed by atoms with Gasteiger partial charge in [-0.25, -0.2) is 4.79 Å². The molecule has 1 aromatic heterocycles. The zero-order chi connectivity index (χ0) is 26.3. The van der Waals surface area contributed by atoms with Crippen LogP contribution in [-0.2, 0) is 0 Å². The second-order valence-corrected chi connectivity index (χ2v) is 9.23. The number of carbonyl (C=O) groups is 1. The van der Waals surface area contributed by atoms with E-state index in [1.165, 1.54) is 0 Å². The van der Waals surface area contributed by atoms with E-state index in [2.05, 4.69) is 22.0 Å². The fourth-order valence-corrected chi connectivity index (χ4v) is 4.76. The summed E-state index contributed by atoms with van der Waals surface area (Å²) in [6.07, 6.45) is 0. The Morgan fingerprint density at radius 3 is 2.51 bits per heavy atom. The summed E-state index contributed by atoms with van der Waals surface area (Å²) in [5.41, 5.74) is 9.01. The Balaban J connectivity index is 1.51. The van der Waals surface area contributed by atoms with E-state index in [4.69, 9.17) is 29.1 Å². The molecule has 9 heteroatoms. The van der Waals surface area contributed by atoms with Crippen LogP contribution in [0.25, 0.3) is 11.0 Å². The van der Waals surface area contributed by atoms with Gasteiger partial charge in [0, 0.05) is 38.7 Å². The highest BCUT2D eigenvalue weighted by Crippen LogP contribution is 2.46. The minimum absolute atomic E-state index is 0.0416. The van der Waals surface area contributed by atoms with Gasteiger partial charge < -0.3 is 29.1 Å². The number of methoxy groups -OCH3 is 2. The van der Waals surface area contributed by atoms with Crippen molar-refractivity contribution in [1.82, 2.24) is 0 Å². The highest BCUT2D eigenvalue weighted by molar-refractivity contribution is 9.10. The number of benzene rings is 3. The lowest BCUT2D eigenvalue weighted by Crippen LogP contribution is -2.21. The number of nitrogens with zero attached hydrogens (tertiary/aromatic N) is 1. The molecule has 0 spiro atoms. The average molecular weight is 561 g/mol. The van der Waals surface area contributed by atoms with Gasteiger partial charge in [0.15, 0.2) is 0 Å². The van der Waals surface area contributed by atoms with Gasteiger partial charge in [0.1, 0.15) is 40.2 Å². The van der Waals surface area contributed by atoms with Gasteiger partial charge in [-0.05, 0) is 37.3 Å². The van der Waals surface area contributed by atoms with Crippen molar-refractivity contribution in [1.29, 1.82) is 5.26 Å². The molecule has 186 valence electrons. The molecule has 0 saturated heterocycles. The minimum Gasteiger partial charge on any atom is -0.497 e. The van der Waals surface area contributed by atoms with E-state index in [0.29, 0.717) is 39.5 Å². The van der Waals surface area contributed by atoms with Crippen molar-refractivity contribution < 1.29 is 28.2 Å². The zero-order valence-electron chi connectivity index (χ0n) is 20.1. The Hall–Kier alpha value is -4.42. The van der Waals surface area contributed by atoms with Crippen molar-refractivity contribution in [3.63, 3.8) is 0 Å². The van der Waals surface area contributed by atoms with Gasteiger partial charge in [0.05, 0.1) is 20.1 Å². The Morgan fingerprint density at radius 2 is 1.78 bits per heavy atom. The number of ether oxygens (including phenoxy) is 4. The first-order valence-corrected chi connectivity index (χ1v) is 12.0. The van der Waals surface area contributed by atoms with Crippen LogP contribution in [-0.4, -0.2) is 20.2 Å². The molecule has 1 atom stereocenters. The number of esters is 1. The smallest absolute Gasteiger partial charge is 0.379 e. The quantitative estimate of drug-likeness (QED) is 0.235. The molecule has 0 aliphatic carbocycles. The minimum atomic E-state index is -0.643. The summed E-state index contributed by atoms with van der Waals surface area (Å²) in [6.45, 7) is 1.80. The number of aryl methyl sites for hydroxylation is 1. The van der Waals surface area contributed by atoms with Crippen LogP contribution in [0.15, 0.2) is 74.9 Å². The Bertz CT molecular complexity index is 1630. The van der Waals surface area contributed by atoms with Crippen molar-refractivity contribution in [2.75, 3.05) is 14.2 Å². The second-order valence-electron chi connectivity index (χ2n) is 8.32. The maximum Gasteiger partial charge on any atom is 0.379 e. The summed E-state index contributed by atoms with van der Waals surface area (Å²) in [4.78, 5) is 13.0. The molecule has 0 radical (unpaired) electrons. The molecule has 5 rings (SSSR count). The van der Waals surface area contributed by atoms with E-state index in [1.807, 2.05) is 18.2 Å². The first-order chi connectivity index (χ1) is 17.8. The number of nitriles is 1. The van der Waals surface area contributed by atoms with E-state index in [0.717, 1.165) is 9.86 Å². The molecular weight excluding hydrogens is 540 g/mol. The van der Waals surface area contributed by atoms with Crippen LogP contribution >= 0.6 is 15.9 Å². The Morgan fingerprint density at radius 1 is 1.03 bits per heavy atom. The van der Waals surface area contributed by atoms with Gasteiger partial charge in [0.25, 0.3) is 0 Å². The van der Waals surface area contributed by atoms with Crippen LogP contribution in [0.3, 0.4) is 0 Å². The number of allylic oxidation sites excluding steroid dienone is 1. The van der Waals surface area contributed by atoms with Crippen LogP contribution in [0.4, 0.5) is 0 Å². The number of fused-ring (bicyclic) bond motifs is 2. The molecule has 8 nitrogen and oxygen atoms in total. The average Bonchev–Trinajstić information content (AvgIpc) is 3.22. The summed E-state index contributed by atoms with van der Waals surface area (Å²) < 4.78 is 28.9. The van der Waals surface area contributed by atoms with Crippen molar-refractivity contribution in [3.8, 4) is 29.1 Å². The molecule has 1 aliphatic heterocycles. The molecule has 0 fully saturated rings. The lowest BCUT2D eigenvalue weighted by atomic mass is 9.83. The molecule has 37 heavy (non-hydrogen) atoms. The van der Waals surface area contributed by atoms with Crippen molar-refractivity contribution in [2.45, 2.75) is 12.8 Å². The van der Waals surface area contributed by atoms with Gasteiger partial charge in [-0.1, -0.05) is 28.1 Å². The third kappa shape index (κ3) is 4.26. The van der Waals surface area contributed by atoms with Crippen molar-refractivity contribution in [2.24, 2.45) is 5.73 Å². The third-order valence-electron chi connectivity index (χ3n) is 6.24. The normalized spacial score (nSPS) is 14.5. The molecular formula is C28H21BrN2O6. The molecule has 4 aromatic rings. The molecule has 2 heterocycles. The highest BCUT2D eigenvalue weighted by atomic mass is 79.9. The SMILES string of the molecule is COc1ccc(C2C(C#N)=C(N)Oc3cc(OC(=O)c4oc5cc(Br)ccc5c4C)ccc32)c(OC)c1. The van der Waals surface area contributed by atoms with Gasteiger partial charge in [-0.3, -0.25) is 0 Å². The number of rotatable bonds is 5. The number of hydrogen-bond donors (Lipinski definition) is 1. The maximum atomic E-state index is 13.0. The summed E-state index contributed by atoms with van der Waals surface area (Å²) in [5.74, 6) is 0.594. The summed E-state index contributed by atoms with van der Waals surface area (Å²) >= 11 is 3.41. The molecule has 3 aromatic carbocycles. The fourth-order valence-electron chi connectivity index (χ4n) is 4.42. The van der Waals surface area contributed by atoms with E-state index >= 15 is 0 Å². The predicted octanol–water partition coefficient (Wildman–Crippen LogP) is 5.96.